The number of carbonyl (C=O) groups excluding carboxylic acids is 1. The summed E-state index contributed by atoms with van der Waals surface area (Å²) in [6.45, 7) is 0. The van der Waals surface area contributed by atoms with Gasteiger partial charge in [0.1, 0.15) is 6.04 Å². The summed E-state index contributed by atoms with van der Waals surface area (Å²) in [5, 5.41) is 20.7. The predicted octanol–water partition coefficient (Wildman–Crippen LogP) is 1.96. The van der Waals surface area contributed by atoms with Gasteiger partial charge in [-0.05, 0) is 29.8 Å². The SMILES string of the molecule is O=C(N[C@@H](Cc1ccc(O)c(F)c1)C(=O)O)c1ccccc1. The quantitative estimate of drug-likeness (QED) is 0.788. The first-order valence-electron chi connectivity index (χ1n) is 6.53. The summed E-state index contributed by atoms with van der Waals surface area (Å²) in [5.74, 6) is -3.09. The van der Waals surface area contributed by atoms with Crippen LogP contribution in [-0.2, 0) is 11.2 Å². The summed E-state index contributed by atoms with van der Waals surface area (Å²) in [4.78, 5) is 23.2. The molecule has 0 radical (unpaired) electrons. The molecule has 6 heteroatoms. The van der Waals surface area contributed by atoms with E-state index in [1.807, 2.05) is 0 Å². The molecular weight excluding hydrogens is 289 g/mol. The van der Waals surface area contributed by atoms with Crippen LogP contribution in [0.1, 0.15) is 15.9 Å². The summed E-state index contributed by atoms with van der Waals surface area (Å²) < 4.78 is 13.3. The van der Waals surface area contributed by atoms with Gasteiger partial charge in [-0.2, -0.15) is 0 Å². The Bertz CT molecular complexity index is 688. The standard InChI is InChI=1S/C16H14FNO4/c17-12-8-10(6-7-14(12)19)9-13(16(21)22)18-15(20)11-4-2-1-3-5-11/h1-8,13,19H,9H2,(H,18,20)(H,21,22)/t13-/m0/s1. The number of hydrogen-bond donors (Lipinski definition) is 3. The van der Waals surface area contributed by atoms with Crippen molar-refractivity contribution in [2.45, 2.75) is 12.5 Å². The zero-order valence-corrected chi connectivity index (χ0v) is 11.5. The normalized spacial score (nSPS) is 11.7. The smallest absolute Gasteiger partial charge is 0.326 e. The van der Waals surface area contributed by atoms with Gasteiger partial charge in [-0.25, -0.2) is 9.18 Å². The first kappa shape index (κ1) is 15.5. The minimum atomic E-state index is -1.22. The van der Waals surface area contributed by atoms with Gasteiger partial charge in [-0.15, -0.1) is 0 Å². The van der Waals surface area contributed by atoms with Crippen molar-refractivity contribution < 1.29 is 24.2 Å². The van der Waals surface area contributed by atoms with Crippen molar-refractivity contribution in [1.29, 1.82) is 0 Å². The van der Waals surface area contributed by atoms with E-state index >= 15 is 0 Å². The van der Waals surface area contributed by atoms with Gasteiger partial charge in [-0.3, -0.25) is 4.79 Å². The molecule has 0 spiro atoms. The molecule has 0 saturated heterocycles. The van der Waals surface area contributed by atoms with Crippen LogP contribution in [-0.4, -0.2) is 28.1 Å². The number of carboxylic acids is 1. The highest BCUT2D eigenvalue weighted by atomic mass is 19.1. The Hall–Kier alpha value is -2.89. The van der Waals surface area contributed by atoms with Crippen molar-refractivity contribution >= 4 is 11.9 Å². The minimum absolute atomic E-state index is 0.0922. The fourth-order valence-corrected chi connectivity index (χ4v) is 1.94. The molecule has 3 N–H and O–H groups in total. The average molecular weight is 303 g/mol. The van der Waals surface area contributed by atoms with Gasteiger partial charge >= 0.3 is 5.97 Å². The van der Waals surface area contributed by atoms with Crippen molar-refractivity contribution in [3.63, 3.8) is 0 Å². The molecule has 22 heavy (non-hydrogen) atoms. The maximum absolute atomic E-state index is 13.3. The van der Waals surface area contributed by atoms with E-state index in [9.17, 15) is 19.1 Å². The van der Waals surface area contributed by atoms with Crippen LogP contribution in [0, 0.1) is 5.82 Å². The number of aliphatic carboxylic acids is 1. The van der Waals surface area contributed by atoms with Gasteiger partial charge in [0.25, 0.3) is 5.91 Å². The van der Waals surface area contributed by atoms with Crippen molar-refractivity contribution in [1.82, 2.24) is 5.32 Å². The number of carbonyl (C=O) groups is 2. The van der Waals surface area contributed by atoms with E-state index < -0.39 is 29.5 Å². The number of carboxylic acid groups (broad SMARTS) is 1. The van der Waals surface area contributed by atoms with Crippen molar-refractivity contribution in [2.24, 2.45) is 0 Å². The van der Waals surface area contributed by atoms with E-state index in [4.69, 9.17) is 5.11 Å². The lowest BCUT2D eigenvalue weighted by molar-refractivity contribution is -0.139. The number of amides is 1. The Morgan fingerprint density at radius 2 is 1.82 bits per heavy atom. The maximum atomic E-state index is 13.3. The van der Waals surface area contributed by atoms with Crippen molar-refractivity contribution in [3.05, 3.63) is 65.5 Å². The zero-order chi connectivity index (χ0) is 16.1. The number of phenols is 1. The van der Waals surface area contributed by atoms with Crippen LogP contribution in [0.15, 0.2) is 48.5 Å². The number of phenolic OH excluding ortho intramolecular Hbond substituents is 1. The Morgan fingerprint density at radius 3 is 2.41 bits per heavy atom. The lowest BCUT2D eigenvalue weighted by Crippen LogP contribution is -2.42. The molecule has 2 aromatic carbocycles. The first-order chi connectivity index (χ1) is 10.5. The molecule has 1 atom stereocenters. The van der Waals surface area contributed by atoms with Crippen LogP contribution >= 0.6 is 0 Å². The maximum Gasteiger partial charge on any atom is 0.326 e. The number of rotatable bonds is 5. The topological polar surface area (TPSA) is 86.6 Å². The number of halogens is 1. The number of nitrogens with one attached hydrogen (secondary N) is 1. The van der Waals surface area contributed by atoms with Crippen LogP contribution in [0.25, 0.3) is 0 Å². The molecule has 0 aromatic heterocycles. The lowest BCUT2D eigenvalue weighted by atomic mass is 10.0. The van der Waals surface area contributed by atoms with E-state index in [-0.39, 0.29) is 6.42 Å². The van der Waals surface area contributed by atoms with Crippen molar-refractivity contribution in [2.75, 3.05) is 0 Å². The third kappa shape index (κ3) is 3.82. The summed E-state index contributed by atoms with van der Waals surface area (Å²) in [6, 6.07) is 10.6. The second kappa shape index (κ2) is 6.71. The average Bonchev–Trinajstić information content (AvgIpc) is 2.51. The van der Waals surface area contributed by atoms with E-state index in [2.05, 4.69) is 5.32 Å². The lowest BCUT2D eigenvalue weighted by Gasteiger charge is -2.15. The summed E-state index contributed by atoms with van der Waals surface area (Å²) in [6.07, 6.45) is -0.0922. The van der Waals surface area contributed by atoms with E-state index in [1.54, 1.807) is 30.3 Å². The number of hydrogen-bond acceptors (Lipinski definition) is 3. The van der Waals surface area contributed by atoms with E-state index in [0.29, 0.717) is 11.1 Å². The monoisotopic (exact) mass is 303 g/mol. The van der Waals surface area contributed by atoms with Crippen LogP contribution in [0.3, 0.4) is 0 Å². The summed E-state index contributed by atoms with van der Waals surface area (Å²) in [7, 11) is 0. The van der Waals surface area contributed by atoms with Gasteiger partial charge in [0, 0.05) is 12.0 Å². The van der Waals surface area contributed by atoms with Gasteiger partial charge in [0.15, 0.2) is 11.6 Å². The minimum Gasteiger partial charge on any atom is -0.505 e. The third-order valence-electron chi connectivity index (χ3n) is 3.09. The number of aromatic hydroxyl groups is 1. The summed E-state index contributed by atoms with van der Waals surface area (Å²) >= 11 is 0. The van der Waals surface area contributed by atoms with Crippen LogP contribution in [0.5, 0.6) is 5.75 Å². The van der Waals surface area contributed by atoms with E-state index in [1.165, 1.54) is 6.07 Å². The zero-order valence-electron chi connectivity index (χ0n) is 11.5. The largest absolute Gasteiger partial charge is 0.505 e. The van der Waals surface area contributed by atoms with Gasteiger partial charge < -0.3 is 15.5 Å². The highest BCUT2D eigenvalue weighted by molar-refractivity contribution is 5.96. The molecule has 0 aliphatic rings. The Labute approximate surface area is 126 Å². The number of benzene rings is 2. The fourth-order valence-electron chi connectivity index (χ4n) is 1.94. The first-order valence-corrected chi connectivity index (χ1v) is 6.53. The second-order valence-corrected chi connectivity index (χ2v) is 4.72. The molecule has 0 aliphatic carbocycles. The molecule has 1 amide bonds. The van der Waals surface area contributed by atoms with E-state index in [0.717, 1.165) is 12.1 Å². The highest BCUT2D eigenvalue weighted by Crippen LogP contribution is 2.17. The molecular formula is C16H14FNO4. The van der Waals surface area contributed by atoms with Gasteiger partial charge in [-0.1, -0.05) is 24.3 Å². The summed E-state index contributed by atoms with van der Waals surface area (Å²) in [5.41, 5.74) is 0.696. The molecule has 2 rings (SSSR count). The molecule has 5 nitrogen and oxygen atoms in total. The van der Waals surface area contributed by atoms with Crippen LogP contribution in [0.2, 0.25) is 0 Å². The molecule has 0 heterocycles. The molecule has 0 saturated carbocycles. The highest BCUT2D eigenvalue weighted by Gasteiger charge is 2.21. The van der Waals surface area contributed by atoms with Crippen LogP contribution < -0.4 is 5.32 Å². The fraction of sp³-hybridized carbons (Fsp3) is 0.125. The molecule has 0 unspecified atom stereocenters. The molecule has 0 fully saturated rings. The Kier molecular flexibility index (Phi) is 4.73. The van der Waals surface area contributed by atoms with Gasteiger partial charge in [0.05, 0.1) is 0 Å². The van der Waals surface area contributed by atoms with Gasteiger partial charge in [0.2, 0.25) is 0 Å². The molecule has 2 aromatic rings. The van der Waals surface area contributed by atoms with Crippen LogP contribution in [0.4, 0.5) is 4.39 Å². The predicted molar refractivity (Wildman–Crippen MR) is 77.1 cm³/mol. The van der Waals surface area contributed by atoms with Crippen molar-refractivity contribution in [3.8, 4) is 5.75 Å². The Morgan fingerprint density at radius 1 is 1.14 bits per heavy atom. The molecule has 0 bridgehead atoms. The Balaban J connectivity index is 2.12. The second-order valence-electron chi connectivity index (χ2n) is 4.72. The molecule has 114 valence electrons. The molecule has 0 aliphatic heterocycles. The third-order valence-corrected chi connectivity index (χ3v) is 3.09.